The van der Waals surface area contributed by atoms with Crippen molar-refractivity contribution in [3.05, 3.63) is 48.0 Å². The van der Waals surface area contributed by atoms with E-state index in [4.69, 9.17) is 5.26 Å². The molecule has 0 atom stereocenters. The number of rotatable bonds is 1. The molecule has 0 saturated carbocycles. The minimum Gasteiger partial charge on any atom is -0.295 e. The largest absolute Gasteiger partial charge is 0.373 e. The summed E-state index contributed by atoms with van der Waals surface area (Å²) in [5.41, 5.74) is 0.366. The summed E-state index contributed by atoms with van der Waals surface area (Å²) in [6, 6.07) is 12.7. The van der Waals surface area contributed by atoms with Crippen molar-refractivity contribution in [2.45, 2.75) is 0 Å². The Bertz CT molecular complexity index is 477. The van der Waals surface area contributed by atoms with Crippen LogP contribution < -0.4 is 0 Å². The molecule has 15 heavy (non-hydrogen) atoms. The first-order chi connectivity index (χ1) is 6.83. The van der Waals surface area contributed by atoms with Gasteiger partial charge < -0.3 is 0 Å². The maximum absolute atomic E-state index is 11.2. The zero-order chi connectivity index (χ0) is 9.97. The van der Waals surface area contributed by atoms with Crippen LogP contribution in [0.1, 0.15) is 10.4 Å². The highest BCUT2D eigenvalue weighted by molar-refractivity contribution is 14.0. The number of fused-ring (bicyclic) bond motifs is 1. The van der Waals surface area contributed by atoms with E-state index in [9.17, 15) is 4.79 Å². The molecule has 2 rings (SSSR count). The summed E-state index contributed by atoms with van der Waals surface area (Å²) in [7, 11) is 0. The predicted octanol–water partition coefficient (Wildman–Crippen LogP) is 3.09. The van der Waals surface area contributed by atoms with Gasteiger partial charge in [0.05, 0.1) is 5.56 Å². The van der Waals surface area contributed by atoms with E-state index in [1.165, 1.54) is 0 Å². The Morgan fingerprint density at radius 1 is 1.07 bits per heavy atom. The Balaban J connectivity index is 0.00000112. The summed E-state index contributed by atoms with van der Waals surface area (Å²) in [6.45, 7) is 0. The van der Waals surface area contributed by atoms with Gasteiger partial charge in [-0.15, -0.1) is 24.0 Å². The minimum absolute atomic E-state index is 0. The van der Waals surface area contributed by atoms with E-state index < -0.39 is 5.97 Å². The molecule has 78 valence electrons. The number of benzene rings is 2. The summed E-state index contributed by atoms with van der Waals surface area (Å²) >= 11 is 0. The lowest BCUT2D eigenvalue weighted by Crippen LogP contribution is -2.01. The SMILES string of the molecule is I.O=C(OO)c1cccc2ccccc12. The molecule has 0 fully saturated rings. The Morgan fingerprint density at radius 2 is 1.73 bits per heavy atom. The van der Waals surface area contributed by atoms with Gasteiger partial charge in [0.2, 0.25) is 0 Å². The van der Waals surface area contributed by atoms with Crippen LogP contribution in [0.25, 0.3) is 10.8 Å². The highest BCUT2D eigenvalue weighted by atomic mass is 127. The first-order valence-corrected chi connectivity index (χ1v) is 4.16. The van der Waals surface area contributed by atoms with Gasteiger partial charge >= 0.3 is 5.97 Å². The molecule has 0 amide bonds. The molecular formula is C11H9IO3. The molecule has 4 heteroatoms. The number of hydrogen-bond acceptors (Lipinski definition) is 3. The van der Waals surface area contributed by atoms with E-state index in [1.54, 1.807) is 12.1 Å². The van der Waals surface area contributed by atoms with Crippen molar-refractivity contribution in [2.75, 3.05) is 0 Å². The first kappa shape index (κ1) is 11.9. The van der Waals surface area contributed by atoms with E-state index in [1.807, 2.05) is 30.3 Å². The van der Waals surface area contributed by atoms with E-state index in [-0.39, 0.29) is 24.0 Å². The third kappa shape index (κ3) is 2.27. The van der Waals surface area contributed by atoms with Gasteiger partial charge in [0.1, 0.15) is 0 Å². The molecule has 2 aromatic carbocycles. The second-order valence-corrected chi connectivity index (χ2v) is 2.91. The van der Waals surface area contributed by atoms with Crippen LogP contribution in [0.15, 0.2) is 42.5 Å². The second-order valence-electron chi connectivity index (χ2n) is 2.91. The number of hydrogen-bond donors (Lipinski definition) is 1. The van der Waals surface area contributed by atoms with E-state index >= 15 is 0 Å². The van der Waals surface area contributed by atoms with E-state index in [0.29, 0.717) is 5.56 Å². The van der Waals surface area contributed by atoms with Crippen LogP contribution >= 0.6 is 24.0 Å². The Hall–Kier alpha value is -1.14. The molecule has 1 N–H and O–H groups in total. The molecule has 0 heterocycles. The molecule has 0 spiro atoms. The van der Waals surface area contributed by atoms with Crippen LogP contribution in [-0.2, 0) is 4.89 Å². The average Bonchev–Trinajstić information content (AvgIpc) is 2.27. The first-order valence-electron chi connectivity index (χ1n) is 4.16. The molecular weight excluding hydrogens is 307 g/mol. The van der Waals surface area contributed by atoms with Crippen LogP contribution in [0.3, 0.4) is 0 Å². The van der Waals surface area contributed by atoms with Crippen molar-refractivity contribution < 1.29 is 14.9 Å². The number of carbonyl (C=O) groups excluding carboxylic acids is 1. The summed E-state index contributed by atoms with van der Waals surface area (Å²) in [5.74, 6) is -0.734. The minimum atomic E-state index is -0.734. The maximum Gasteiger partial charge on any atom is 0.373 e. The fraction of sp³-hybridized carbons (Fsp3) is 0. The van der Waals surface area contributed by atoms with Gasteiger partial charge in [-0.2, -0.15) is 5.26 Å². The van der Waals surface area contributed by atoms with Gasteiger partial charge in [0.25, 0.3) is 0 Å². The zero-order valence-corrected chi connectivity index (χ0v) is 10.0. The normalized spacial score (nSPS) is 9.40. The smallest absolute Gasteiger partial charge is 0.295 e. The highest BCUT2D eigenvalue weighted by Crippen LogP contribution is 2.18. The summed E-state index contributed by atoms with van der Waals surface area (Å²) in [6.07, 6.45) is 0. The molecule has 0 aliphatic carbocycles. The Kier molecular flexibility index (Phi) is 4.05. The topological polar surface area (TPSA) is 46.5 Å². The maximum atomic E-state index is 11.2. The van der Waals surface area contributed by atoms with Crippen molar-refractivity contribution in [2.24, 2.45) is 0 Å². The molecule has 2 aromatic rings. The standard InChI is InChI=1S/C11H8O3.HI/c12-11(14-13)10-7-3-5-8-4-1-2-6-9(8)10;/h1-7,13H;1H. The average molecular weight is 316 g/mol. The molecule has 3 nitrogen and oxygen atoms in total. The van der Waals surface area contributed by atoms with Crippen LogP contribution in [0.5, 0.6) is 0 Å². The monoisotopic (exact) mass is 316 g/mol. The van der Waals surface area contributed by atoms with Crippen molar-refractivity contribution in [1.29, 1.82) is 0 Å². The molecule has 0 aliphatic heterocycles. The van der Waals surface area contributed by atoms with Crippen molar-refractivity contribution in [3.8, 4) is 0 Å². The number of carbonyl (C=O) groups is 1. The van der Waals surface area contributed by atoms with Crippen LogP contribution in [0.4, 0.5) is 0 Å². The van der Waals surface area contributed by atoms with Gasteiger partial charge in [-0.1, -0.05) is 36.4 Å². The fourth-order valence-electron chi connectivity index (χ4n) is 1.45. The molecule has 0 saturated heterocycles. The van der Waals surface area contributed by atoms with Crippen LogP contribution in [0.2, 0.25) is 0 Å². The van der Waals surface area contributed by atoms with Gasteiger partial charge in [-0.05, 0) is 16.8 Å². The van der Waals surface area contributed by atoms with Crippen molar-refractivity contribution in [3.63, 3.8) is 0 Å². The van der Waals surface area contributed by atoms with Gasteiger partial charge in [0.15, 0.2) is 0 Å². The van der Waals surface area contributed by atoms with Crippen LogP contribution in [-0.4, -0.2) is 11.2 Å². The Labute approximate surface area is 104 Å². The fourth-order valence-corrected chi connectivity index (χ4v) is 1.45. The Morgan fingerprint density at radius 3 is 2.47 bits per heavy atom. The van der Waals surface area contributed by atoms with Gasteiger partial charge in [-0.25, -0.2) is 4.79 Å². The van der Waals surface area contributed by atoms with Crippen LogP contribution in [0, 0.1) is 0 Å². The van der Waals surface area contributed by atoms with Gasteiger partial charge in [-0.3, -0.25) is 4.89 Å². The quantitative estimate of drug-likeness (QED) is 0.500. The van der Waals surface area contributed by atoms with E-state index in [0.717, 1.165) is 10.8 Å². The molecule has 0 unspecified atom stereocenters. The predicted molar refractivity (Wildman–Crippen MR) is 67.4 cm³/mol. The molecule has 0 aromatic heterocycles. The molecule has 0 bridgehead atoms. The van der Waals surface area contributed by atoms with Crippen molar-refractivity contribution in [1.82, 2.24) is 0 Å². The highest BCUT2D eigenvalue weighted by Gasteiger charge is 2.09. The summed E-state index contributed by atoms with van der Waals surface area (Å²) < 4.78 is 0. The molecule has 0 aliphatic rings. The lowest BCUT2D eigenvalue weighted by molar-refractivity contribution is -0.182. The lowest BCUT2D eigenvalue weighted by atomic mass is 10.1. The third-order valence-corrected chi connectivity index (χ3v) is 2.09. The second kappa shape index (κ2) is 5.09. The summed E-state index contributed by atoms with van der Waals surface area (Å²) in [4.78, 5) is 14.9. The number of halogens is 1. The lowest BCUT2D eigenvalue weighted by Gasteiger charge is -2.02. The third-order valence-electron chi connectivity index (χ3n) is 2.09. The van der Waals surface area contributed by atoms with Gasteiger partial charge in [0, 0.05) is 0 Å². The van der Waals surface area contributed by atoms with Crippen molar-refractivity contribution >= 4 is 40.7 Å². The van der Waals surface area contributed by atoms with E-state index in [2.05, 4.69) is 4.89 Å². The zero-order valence-electron chi connectivity index (χ0n) is 7.71. The summed E-state index contributed by atoms with van der Waals surface area (Å²) in [5, 5.41) is 10.0. The molecule has 0 radical (unpaired) electrons.